The van der Waals surface area contributed by atoms with Crippen LogP contribution in [0.5, 0.6) is 0 Å². The molecule has 1 aromatic heterocycles. The van der Waals surface area contributed by atoms with Gasteiger partial charge in [0.15, 0.2) is 0 Å². The van der Waals surface area contributed by atoms with Crippen LogP contribution in [0.1, 0.15) is 27.3 Å². The van der Waals surface area contributed by atoms with E-state index in [9.17, 15) is 4.79 Å². The molecule has 112 valence electrons. The number of carbonyl (C=O) groups is 1. The minimum atomic E-state index is -0.174. The molecule has 21 heavy (non-hydrogen) atoms. The number of hydrogen-bond acceptors (Lipinski definition) is 2. The minimum Gasteiger partial charge on any atom is -0.350 e. The van der Waals surface area contributed by atoms with Crippen molar-refractivity contribution in [3.63, 3.8) is 0 Å². The zero-order valence-corrected chi connectivity index (χ0v) is 13.7. The molecule has 0 aliphatic carbocycles. The predicted octanol–water partition coefficient (Wildman–Crippen LogP) is 3.55. The number of aromatic nitrogens is 2. The highest BCUT2D eigenvalue weighted by Gasteiger charge is 2.09. The molecule has 1 aromatic carbocycles. The summed E-state index contributed by atoms with van der Waals surface area (Å²) in [5.74, 6) is -0.174. The normalized spacial score (nSPS) is 10.7. The lowest BCUT2D eigenvalue weighted by molar-refractivity contribution is 0.0952. The molecule has 0 radical (unpaired) electrons. The fraction of sp³-hybridized carbons (Fsp3) is 0.333. The van der Waals surface area contributed by atoms with E-state index in [1.54, 1.807) is 18.2 Å². The third-order valence-corrected chi connectivity index (χ3v) is 4.27. The standard InChI is InChI=1S/C15H17Cl2N3O/c1-9-10(2)19-20(11(9)3)7-6-18-15(21)12-4-5-13(16)14(17)8-12/h4-5,8H,6-7H2,1-3H3,(H,18,21). The van der Waals surface area contributed by atoms with Crippen molar-refractivity contribution in [3.8, 4) is 0 Å². The van der Waals surface area contributed by atoms with Gasteiger partial charge in [0.05, 0.1) is 22.3 Å². The van der Waals surface area contributed by atoms with Gasteiger partial charge in [0.25, 0.3) is 5.91 Å². The van der Waals surface area contributed by atoms with Crippen LogP contribution in [0.25, 0.3) is 0 Å². The van der Waals surface area contributed by atoms with Crippen molar-refractivity contribution >= 4 is 29.1 Å². The summed E-state index contributed by atoms with van der Waals surface area (Å²) in [6, 6.07) is 4.83. The topological polar surface area (TPSA) is 46.9 Å². The van der Waals surface area contributed by atoms with E-state index in [-0.39, 0.29) is 5.91 Å². The Morgan fingerprint density at radius 2 is 1.95 bits per heavy atom. The highest BCUT2D eigenvalue weighted by atomic mass is 35.5. The molecular formula is C15H17Cl2N3O. The van der Waals surface area contributed by atoms with Crippen LogP contribution in [0.15, 0.2) is 18.2 Å². The van der Waals surface area contributed by atoms with Gasteiger partial charge in [0.1, 0.15) is 0 Å². The molecule has 6 heteroatoms. The lowest BCUT2D eigenvalue weighted by Crippen LogP contribution is -2.27. The molecule has 2 aromatic rings. The minimum absolute atomic E-state index is 0.174. The Labute approximate surface area is 134 Å². The van der Waals surface area contributed by atoms with Crippen molar-refractivity contribution in [1.29, 1.82) is 0 Å². The summed E-state index contributed by atoms with van der Waals surface area (Å²) in [5.41, 5.74) is 3.82. The molecule has 0 atom stereocenters. The molecule has 0 unspecified atom stereocenters. The molecule has 0 spiro atoms. The van der Waals surface area contributed by atoms with Gasteiger partial charge in [0, 0.05) is 17.8 Å². The lowest BCUT2D eigenvalue weighted by atomic mass is 10.2. The monoisotopic (exact) mass is 325 g/mol. The number of carbonyl (C=O) groups excluding carboxylic acids is 1. The second kappa shape index (κ2) is 6.50. The van der Waals surface area contributed by atoms with E-state index >= 15 is 0 Å². The average molecular weight is 326 g/mol. The summed E-state index contributed by atoms with van der Waals surface area (Å²) in [7, 11) is 0. The van der Waals surface area contributed by atoms with Gasteiger partial charge < -0.3 is 5.32 Å². The third kappa shape index (κ3) is 3.57. The molecule has 0 saturated carbocycles. The van der Waals surface area contributed by atoms with Crippen LogP contribution in [-0.4, -0.2) is 22.2 Å². The molecule has 0 saturated heterocycles. The van der Waals surface area contributed by atoms with E-state index in [0.717, 1.165) is 11.4 Å². The third-order valence-electron chi connectivity index (χ3n) is 3.53. The van der Waals surface area contributed by atoms with E-state index < -0.39 is 0 Å². The van der Waals surface area contributed by atoms with Gasteiger partial charge in [-0.3, -0.25) is 9.48 Å². The van der Waals surface area contributed by atoms with Gasteiger partial charge in [-0.1, -0.05) is 23.2 Å². The predicted molar refractivity (Wildman–Crippen MR) is 85.2 cm³/mol. The first-order valence-corrected chi connectivity index (χ1v) is 7.39. The highest BCUT2D eigenvalue weighted by Crippen LogP contribution is 2.22. The number of nitrogens with one attached hydrogen (secondary N) is 1. The van der Waals surface area contributed by atoms with Crippen LogP contribution >= 0.6 is 23.2 Å². The Morgan fingerprint density at radius 3 is 2.52 bits per heavy atom. The average Bonchev–Trinajstić information content (AvgIpc) is 2.69. The van der Waals surface area contributed by atoms with Crippen molar-refractivity contribution in [2.75, 3.05) is 6.54 Å². The van der Waals surface area contributed by atoms with E-state index in [4.69, 9.17) is 23.2 Å². The Bertz CT molecular complexity index is 680. The molecule has 0 aliphatic rings. The van der Waals surface area contributed by atoms with Crippen molar-refractivity contribution < 1.29 is 4.79 Å². The van der Waals surface area contributed by atoms with Gasteiger partial charge in [-0.25, -0.2) is 0 Å². The van der Waals surface area contributed by atoms with Gasteiger partial charge in [-0.15, -0.1) is 0 Å². The number of halogens is 2. The van der Waals surface area contributed by atoms with Crippen molar-refractivity contribution in [1.82, 2.24) is 15.1 Å². The van der Waals surface area contributed by atoms with Gasteiger partial charge >= 0.3 is 0 Å². The van der Waals surface area contributed by atoms with E-state index in [0.29, 0.717) is 28.7 Å². The molecule has 0 fully saturated rings. The number of rotatable bonds is 4. The van der Waals surface area contributed by atoms with Crippen molar-refractivity contribution in [2.24, 2.45) is 0 Å². The van der Waals surface area contributed by atoms with Crippen LogP contribution in [-0.2, 0) is 6.54 Å². The first-order chi connectivity index (χ1) is 9.90. The first kappa shape index (κ1) is 15.9. The number of nitrogens with zero attached hydrogens (tertiary/aromatic N) is 2. The van der Waals surface area contributed by atoms with Crippen LogP contribution in [0.4, 0.5) is 0 Å². The van der Waals surface area contributed by atoms with Crippen molar-refractivity contribution in [2.45, 2.75) is 27.3 Å². The first-order valence-electron chi connectivity index (χ1n) is 6.64. The molecule has 0 bridgehead atoms. The molecule has 0 aliphatic heterocycles. The van der Waals surface area contributed by atoms with E-state index in [1.165, 1.54) is 5.56 Å². The van der Waals surface area contributed by atoms with Gasteiger partial charge in [-0.05, 0) is 44.5 Å². The Hall–Kier alpha value is -1.52. The summed E-state index contributed by atoms with van der Waals surface area (Å²) >= 11 is 11.7. The number of aryl methyl sites for hydroxylation is 1. The summed E-state index contributed by atoms with van der Waals surface area (Å²) < 4.78 is 1.90. The fourth-order valence-corrected chi connectivity index (χ4v) is 2.32. The second-order valence-electron chi connectivity index (χ2n) is 4.90. The summed E-state index contributed by atoms with van der Waals surface area (Å²) in [6.45, 7) is 7.18. The van der Waals surface area contributed by atoms with Crippen LogP contribution in [0, 0.1) is 20.8 Å². The molecule has 1 heterocycles. The lowest BCUT2D eigenvalue weighted by Gasteiger charge is -2.08. The summed E-state index contributed by atoms with van der Waals surface area (Å²) in [6.07, 6.45) is 0. The van der Waals surface area contributed by atoms with Crippen LogP contribution in [0.2, 0.25) is 10.0 Å². The number of benzene rings is 1. The number of amides is 1. The van der Waals surface area contributed by atoms with Crippen LogP contribution in [0.3, 0.4) is 0 Å². The van der Waals surface area contributed by atoms with E-state index in [2.05, 4.69) is 10.4 Å². The van der Waals surface area contributed by atoms with E-state index in [1.807, 2.05) is 25.5 Å². The second-order valence-corrected chi connectivity index (χ2v) is 5.72. The molecular weight excluding hydrogens is 309 g/mol. The Morgan fingerprint density at radius 1 is 1.24 bits per heavy atom. The zero-order valence-electron chi connectivity index (χ0n) is 12.2. The Balaban J connectivity index is 1.95. The highest BCUT2D eigenvalue weighted by molar-refractivity contribution is 6.42. The quantitative estimate of drug-likeness (QED) is 0.934. The van der Waals surface area contributed by atoms with Crippen molar-refractivity contribution in [3.05, 3.63) is 50.8 Å². The SMILES string of the molecule is Cc1nn(CCNC(=O)c2ccc(Cl)c(Cl)c2)c(C)c1C. The molecule has 1 amide bonds. The molecule has 2 rings (SSSR count). The molecule has 4 nitrogen and oxygen atoms in total. The largest absolute Gasteiger partial charge is 0.350 e. The number of hydrogen-bond donors (Lipinski definition) is 1. The summed E-state index contributed by atoms with van der Waals surface area (Å²) in [5, 5.41) is 8.09. The fourth-order valence-electron chi connectivity index (χ4n) is 2.02. The van der Waals surface area contributed by atoms with Gasteiger partial charge in [0.2, 0.25) is 0 Å². The van der Waals surface area contributed by atoms with Crippen LogP contribution < -0.4 is 5.32 Å². The molecule has 1 N–H and O–H groups in total. The Kier molecular flexibility index (Phi) is 4.91. The van der Waals surface area contributed by atoms with Gasteiger partial charge in [-0.2, -0.15) is 5.10 Å². The smallest absolute Gasteiger partial charge is 0.251 e. The summed E-state index contributed by atoms with van der Waals surface area (Å²) in [4.78, 5) is 12.0. The maximum absolute atomic E-state index is 12.0. The maximum Gasteiger partial charge on any atom is 0.251 e. The zero-order chi connectivity index (χ0) is 15.6. The maximum atomic E-state index is 12.0.